The van der Waals surface area contributed by atoms with E-state index in [-0.39, 0.29) is 18.8 Å². The molecule has 0 spiro atoms. The molecule has 2 aromatic rings. The Morgan fingerprint density at radius 3 is 2.47 bits per heavy atom. The number of benzene rings is 2. The van der Waals surface area contributed by atoms with Crippen molar-refractivity contribution >= 4 is 12.0 Å². The minimum Gasteiger partial charge on any atom is -0.493 e. The van der Waals surface area contributed by atoms with Gasteiger partial charge >= 0.3 is 12.0 Å². The molecule has 0 fully saturated rings. The van der Waals surface area contributed by atoms with E-state index in [0.717, 1.165) is 0 Å². The second-order valence-electron chi connectivity index (χ2n) is 6.45. The maximum atomic E-state index is 12.9. The molecule has 3 rings (SSSR count). The minimum atomic E-state index is -0.758. The minimum absolute atomic E-state index is 0.0560. The highest BCUT2D eigenvalue weighted by molar-refractivity contribution is 5.95. The predicted octanol–water partition coefficient (Wildman–Crippen LogP) is 2.95. The van der Waals surface area contributed by atoms with Gasteiger partial charge in [0.1, 0.15) is 19.0 Å². The lowest BCUT2D eigenvalue weighted by molar-refractivity contribution is -0.140. The lowest BCUT2D eigenvalue weighted by Crippen LogP contribution is -2.45. The molecule has 0 saturated heterocycles. The van der Waals surface area contributed by atoms with Gasteiger partial charge < -0.3 is 29.6 Å². The van der Waals surface area contributed by atoms with Crippen molar-refractivity contribution in [2.45, 2.75) is 13.0 Å². The monoisotopic (exact) mass is 412 g/mol. The van der Waals surface area contributed by atoms with Gasteiger partial charge in [0.05, 0.1) is 25.8 Å². The number of hydrogen-bond acceptors (Lipinski definition) is 6. The first kappa shape index (κ1) is 21.0. The number of methoxy groups -OCH3 is 2. The van der Waals surface area contributed by atoms with Gasteiger partial charge in [-0.2, -0.15) is 0 Å². The molecule has 0 aliphatic carbocycles. The molecule has 0 saturated carbocycles. The molecule has 1 aliphatic heterocycles. The molecule has 2 aromatic carbocycles. The van der Waals surface area contributed by atoms with E-state index in [1.165, 1.54) is 14.2 Å². The Morgan fingerprint density at radius 2 is 1.77 bits per heavy atom. The Bertz CT molecular complexity index is 942. The first-order valence-electron chi connectivity index (χ1n) is 9.39. The average Bonchev–Trinajstić information content (AvgIpc) is 2.76. The first-order valence-corrected chi connectivity index (χ1v) is 9.39. The van der Waals surface area contributed by atoms with Crippen LogP contribution in [0, 0.1) is 0 Å². The lowest BCUT2D eigenvalue weighted by Gasteiger charge is -2.29. The van der Waals surface area contributed by atoms with Crippen molar-refractivity contribution in [3.8, 4) is 17.2 Å². The van der Waals surface area contributed by atoms with Gasteiger partial charge in [0.2, 0.25) is 0 Å². The van der Waals surface area contributed by atoms with Crippen LogP contribution in [-0.4, -0.2) is 39.4 Å². The normalized spacial score (nSPS) is 15.7. The van der Waals surface area contributed by atoms with Crippen LogP contribution < -0.4 is 24.8 Å². The van der Waals surface area contributed by atoms with Gasteiger partial charge in [0.15, 0.2) is 11.5 Å². The third-order valence-electron chi connectivity index (χ3n) is 4.56. The highest BCUT2D eigenvalue weighted by Crippen LogP contribution is 2.38. The van der Waals surface area contributed by atoms with E-state index >= 15 is 0 Å². The summed E-state index contributed by atoms with van der Waals surface area (Å²) in [5.74, 6) is 1.04. The van der Waals surface area contributed by atoms with E-state index in [4.69, 9.17) is 18.9 Å². The molecule has 2 N–H and O–H groups in total. The number of ether oxygens (including phenoxy) is 4. The smallest absolute Gasteiger partial charge is 0.338 e. The number of para-hydroxylation sites is 2. The molecule has 2 amide bonds. The van der Waals surface area contributed by atoms with Crippen LogP contribution in [0.2, 0.25) is 0 Å². The summed E-state index contributed by atoms with van der Waals surface area (Å²) in [7, 11) is 3.02. The van der Waals surface area contributed by atoms with Crippen molar-refractivity contribution in [3.05, 3.63) is 65.4 Å². The number of urea groups is 1. The van der Waals surface area contributed by atoms with Crippen molar-refractivity contribution in [1.82, 2.24) is 10.6 Å². The third-order valence-corrected chi connectivity index (χ3v) is 4.56. The van der Waals surface area contributed by atoms with Gasteiger partial charge in [-0.15, -0.1) is 0 Å². The van der Waals surface area contributed by atoms with Gasteiger partial charge in [0, 0.05) is 11.3 Å². The summed E-state index contributed by atoms with van der Waals surface area (Å²) in [6.07, 6.45) is 0. The Morgan fingerprint density at radius 1 is 1.00 bits per heavy atom. The van der Waals surface area contributed by atoms with Crippen molar-refractivity contribution in [2.75, 3.05) is 27.4 Å². The summed E-state index contributed by atoms with van der Waals surface area (Å²) in [5.41, 5.74) is 1.27. The molecule has 1 aliphatic rings. The van der Waals surface area contributed by atoms with Crippen LogP contribution in [0.3, 0.4) is 0 Å². The van der Waals surface area contributed by atoms with E-state index in [0.29, 0.717) is 28.5 Å². The maximum absolute atomic E-state index is 12.9. The van der Waals surface area contributed by atoms with Gasteiger partial charge in [-0.1, -0.05) is 30.3 Å². The molecule has 1 heterocycles. The topological polar surface area (TPSA) is 95.1 Å². The highest BCUT2D eigenvalue weighted by atomic mass is 16.6. The number of rotatable bonds is 8. The number of amides is 2. The number of esters is 1. The van der Waals surface area contributed by atoms with Gasteiger partial charge in [-0.25, -0.2) is 9.59 Å². The van der Waals surface area contributed by atoms with Crippen molar-refractivity contribution in [1.29, 1.82) is 0 Å². The van der Waals surface area contributed by atoms with Crippen LogP contribution in [-0.2, 0) is 9.53 Å². The Kier molecular flexibility index (Phi) is 6.79. The number of hydrogen-bond donors (Lipinski definition) is 2. The summed E-state index contributed by atoms with van der Waals surface area (Å²) in [4.78, 5) is 25.0. The summed E-state index contributed by atoms with van der Waals surface area (Å²) in [6.45, 7) is 1.91. The SMILES string of the molecule is COc1cccc([C@@H]2NC(=O)NC(C)=C2C(=O)OCCOc2ccccc2)c1OC. The lowest BCUT2D eigenvalue weighted by atomic mass is 9.94. The number of allylic oxidation sites excluding steroid dienone is 1. The van der Waals surface area contributed by atoms with Gasteiger partial charge in [-0.3, -0.25) is 0 Å². The third kappa shape index (κ3) is 4.65. The van der Waals surface area contributed by atoms with Crippen LogP contribution in [0.25, 0.3) is 0 Å². The Labute approximate surface area is 174 Å². The number of carbonyl (C=O) groups excluding carboxylic acids is 2. The summed E-state index contributed by atoms with van der Waals surface area (Å²) >= 11 is 0. The summed E-state index contributed by atoms with van der Waals surface area (Å²) in [6, 6.07) is 13.3. The predicted molar refractivity (Wildman–Crippen MR) is 110 cm³/mol. The maximum Gasteiger partial charge on any atom is 0.338 e. The molecule has 8 nitrogen and oxygen atoms in total. The van der Waals surface area contributed by atoms with Crippen molar-refractivity contribution < 1.29 is 28.5 Å². The zero-order chi connectivity index (χ0) is 21.5. The number of nitrogens with one attached hydrogen (secondary N) is 2. The van der Waals surface area contributed by atoms with Crippen molar-refractivity contribution in [3.63, 3.8) is 0 Å². The fourth-order valence-corrected chi connectivity index (χ4v) is 3.23. The van der Waals surface area contributed by atoms with Crippen LogP contribution in [0.15, 0.2) is 59.8 Å². The summed E-state index contributed by atoms with van der Waals surface area (Å²) in [5, 5.41) is 5.38. The molecular formula is C22H24N2O6. The molecule has 30 heavy (non-hydrogen) atoms. The second-order valence-corrected chi connectivity index (χ2v) is 6.45. The Hall–Kier alpha value is -3.68. The zero-order valence-corrected chi connectivity index (χ0v) is 17.1. The highest BCUT2D eigenvalue weighted by Gasteiger charge is 2.34. The molecule has 8 heteroatoms. The molecule has 1 atom stereocenters. The average molecular weight is 412 g/mol. The van der Waals surface area contributed by atoms with Gasteiger partial charge in [0.25, 0.3) is 0 Å². The molecule has 158 valence electrons. The first-order chi connectivity index (χ1) is 14.5. The van der Waals surface area contributed by atoms with E-state index in [9.17, 15) is 9.59 Å². The van der Waals surface area contributed by atoms with E-state index in [1.54, 1.807) is 25.1 Å². The largest absolute Gasteiger partial charge is 0.493 e. The fourth-order valence-electron chi connectivity index (χ4n) is 3.23. The molecule has 0 unspecified atom stereocenters. The van der Waals surface area contributed by atoms with E-state index < -0.39 is 18.0 Å². The van der Waals surface area contributed by atoms with Crippen LogP contribution >= 0.6 is 0 Å². The van der Waals surface area contributed by atoms with Crippen LogP contribution in [0.1, 0.15) is 18.5 Å². The molecular weight excluding hydrogens is 388 g/mol. The fraction of sp³-hybridized carbons (Fsp3) is 0.273. The summed E-state index contributed by atoms with van der Waals surface area (Å²) < 4.78 is 21.8. The van der Waals surface area contributed by atoms with E-state index in [2.05, 4.69) is 10.6 Å². The Balaban J connectivity index is 1.78. The standard InChI is InChI=1S/C22H24N2O6/c1-14-18(21(25)30-13-12-29-15-8-5-4-6-9-15)19(24-22(26)23-14)16-10-7-11-17(27-2)20(16)28-3/h4-11,19H,12-13H2,1-3H3,(H2,23,24,26)/t19-/m0/s1. The van der Waals surface area contributed by atoms with Gasteiger partial charge in [-0.05, 0) is 25.1 Å². The molecule has 0 aromatic heterocycles. The zero-order valence-electron chi connectivity index (χ0n) is 17.1. The molecule has 0 bridgehead atoms. The quantitative estimate of drug-likeness (QED) is 0.511. The second kappa shape index (κ2) is 9.69. The molecule has 0 radical (unpaired) electrons. The van der Waals surface area contributed by atoms with Crippen molar-refractivity contribution in [2.24, 2.45) is 0 Å². The van der Waals surface area contributed by atoms with Crippen LogP contribution in [0.5, 0.6) is 17.2 Å². The van der Waals surface area contributed by atoms with Crippen LogP contribution in [0.4, 0.5) is 4.79 Å². The van der Waals surface area contributed by atoms with E-state index in [1.807, 2.05) is 30.3 Å². The number of carbonyl (C=O) groups is 2.